The number of aryl methyl sites for hydroxylation is 2. The first-order chi connectivity index (χ1) is 8.84. The summed E-state index contributed by atoms with van der Waals surface area (Å²) in [6, 6.07) is 3.67. The van der Waals surface area contributed by atoms with E-state index in [9.17, 15) is 14.4 Å². The van der Waals surface area contributed by atoms with Gasteiger partial charge in [0.2, 0.25) is 5.91 Å². The smallest absolute Gasteiger partial charge is 0.299 e. The fraction of sp³-hybridized carbons (Fsp3) is 0.357. The van der Waals surface area contributed by atoms with Gasteiger partial charge in [0, 0.05) is 14.1 Å². The van der Waals surface area contributed by atoms with Crippen LogP contribution in [0.15, 0.2) is 12.1 Å². The molecule has 0 aromatic heterocycles. The van der Waals surface area contributed by atoms with Crippen LogP contribution in [0.4, 0.5) is 5.69 Å². The summed E-state index contributed by atoms with van der Waals surface area (Å²) >= 11 is 0. The van der Waals surface area contributed by atoms with Crippen molar-refractivity contribution in [3.8, 4) is 0 Å². The maximum atomic E-state index is 12.0. The number of carbonyl (C=O) groups excluding carboxylic acids is 3. The van der Waals surface area contributed by atoms with Crippen molar-refractivity contribution in [2.24, 2.45) is 0 Å². The molecule has 0 radical (unpaired) electrons. The second kappa shape index (κ2) is 4.50. The minimum Gasteiger partial charge on any atom is -0.347 e. The third-order valence-electron chi connectivity index (χ3n) is 3.32. The van der Waals surface area contributed by atoms with Crippen molar-refractivity contribution >= 4 is 23.3 Å². The minimum atomic E-state index is -0.623. The number of anilines is 1. The van der Waals surface area contributed by atoms with Gasteiger partial charge >= 0.3 is 0 Å². The van der Waals surface area contributed by atoms with Gasteiger partial charge in [0.05, 0.1) is 11.3 Å². The van der Waals surface area contributed by atoms with Crippen LogP contribution in [0.2, 0.25) is 0 Å². The Balaban J connectivity index is 2.50. The van der Waals surface area contributed by atoms with Crippen molar-refractivity contribution in [1.29, 1.82) is 0 Å². The standard InChI is InChI=1S/C14H16N2O3/c1-8-5-6-9(2)12-11(8)13(18)14(19)16(12)7-10(17)15(3)4/h5-6H,7H2,1-4H3. The third-order valence-corrected chi connectivity index (χ3v) is 3.32. The lowest BCUT2D eigenvalue weighted by molar-refractivity contribution is -0.128. The number of likely N-dealkylation sites (N-methyl/N-ethyl adjacent to an activating group) is 1. The molecule has 2 amide bonds. The zero-order valence-electron chi connectivity index (χ0n) is 11.5. The lowest BCUT2D eigenvalue weighted by Gasteiger charge is -2.20. The molecule has 0 bridgehead atoms. The molecule has 0 aliphatic carbocycles. The zero-order valence-corrected chi connectivity index (χ0v) is 11.5. The summed E-state index contributed by atoms with van der Waals surface area (Å²) in [7, 11) is 3.24. The van der Waals surface area contributed by atoms with Crippen LogP contribution in [0.25, 0.3) is 0 Å². The Labute approximate surface area is 111 Å². The van der Waals surface area contributed by atoms with Crippen LogP contribution >= 0.6 is 0 Å². The predicted molar refractivity (Wildman–Crippen MR) is 71.3 cm³/mol. The molecule has 1 heterocycles. The average Bonchev–Trinajstić information content (AvgIpc) is 2.60. The molecule has 0 atom stereocenters. The number of ketones is 1. The second-order valence-corrected chi connectivity index (χ2v) is 4.93. The van der Waals surface area contributed by atoms with Crippen LogP contribution in [0.3, 0.4) is 0 Å². The monoisotopic (exact) mass is 260 g/mol. The fourth-order valence-corrected chi connectivity index (χ4v) is 2.19. The normalized spacial score (nSPS) is 13.8. The van der Waals surface area contributed by atoms with E-state index in [2.05, 4.69) is 0 Å². The Morgan fingerprint density at radius 2 is 1.74 bits per heavy atom. The highest BCUT2D eigenvalue weighted by Gasteiger charge is 2.39. The molecular formula is C14H16N2O3. The van der Waals surface area contributed by atoms with Crippen molar-refractivity contribution in [1.82, 2.24) is 4.90 Å². The molecule has 19 heavy (non-hydrogen) atoms. The van der Waals surface area contributed by atoms with Crippen LogP contribution in [-0.2, 0) is 9.59 Å². The first-order valence-corrected chi connectivity index (χ1v) is 6.01. The van der Waals surface area contributed by atoms with Gasteiger partial charge in [0.1, 0.15) is 6.54 Å². The van der Waals surface area contributed by atoms with E-state index in [1.165, 1.54) is 9.80 Å². The molecule has 0 unspecified atom stereocenters. The van der Waals surface area contributed by atoms with Gasteiger partial charge in [0.15, 0.2) is 0 Å². The molecule has 0 saturated carbocycles. The van der Waals surface area contributed by atoms with Crippen molar-refractivity contribution in [3.63, 3.8) is 0 Å². The molecule has 0 spiro atoms. The second-order valence-electron chi connectivity index (χ2n) is 4.93. The first kappa shape index (κ1) is 13.3. The highest BCUT2D eigenvalue weighted by Crippen LogP contribution is 2.34. The molecule has 0 saturated heterocycles. The van der Waals surface area contributed by atoms with Gasteiger partial charge in [0.25, 0.3) is 11.7 Å². The summed E-state index contributed by atoms with van der Waals surface area (Å²) in [5.41, 5.74) is 2.59. The lowest BCUT2D eigenvalue weighted by atomic mass is 10.0. The molecule has 2 rings (SSSR count). The van der Waals surface area contributed by atoms with E-state index >= 15 is 0 Å². The van der Waals surface area contributed by atoms with E-state index in [1.54, 1.807) is 21.0 Å². The minimum absolute atomic E-state index is 0.102. The third kappa shape index (κ3) is 2.01. The molecule has 5 nitrogen and oxygen atoms in total. The Morgan fingerprint density at radius 1 is 1.16 bits per heavy atom. The Morgan fingerprint density at radius 3 is 2.32 bits per heavy atom. The highest BCUT2D eigenvalue weighted by atomic mass is 16.2. The maximum Gasteiger partial charge on any atom is 0.299 e. The van der Waals surface area contributed by atoms with Crippen molar-refractivity contribution in [3.05, 3.63) is 28.8 Å². The van der Waals surface area contributed by atoms with Crippen LogP contribution < -0.4 is 4.90 Å². The number of Topliss-reactive ketones (excluding diaryl/α,β-unsaturated/α-hetero) is 1. The molecular weight excluding hydrogens is 244 g/mol. The van der Waals surface area contributed by atoms with E-state index in [1.807, 2.05) is 19.1 Å². The molecule has 0 fully saturated rings. The van der Waals surface area contributed by atoms with Crippen molar-refractivity contribution in [2.75, 3.05) is 25.5 Å². The maximum absolute atomic E-state index is 12.0. The van der Waals surface area contributed by atoms with Crippen molar-refractivity contribution < 1.29 is 14.4 Å². The summed E-state index contributed by atoms with van der Waals surface area (Å²) in [4.78, 5) is 38.5. The van der Waals surface area contributed by atoms with E-state index in [-0.39, 0.29) is 12.5 Å². The predicted octanol–water partition coefficient (Wildman–Crippen LogP) is 0.921. The molecule has 5 heteroatoms. The van der Waals surface area contributed by atoms with E-state index < -0.39 is 11.7 Å². The van der Waals surface area contributed by atoms with Crippen molar-refractivity contribution in [2.45, 2.75) is 13.8 Å². The van der Waals surface area contributed by atoms with E-state index in [0.29, 0.717) is 11.3 Å². The Bertz CT molecular complexity index is 591. The number of nitrogens with zero attached hydrogens (tertiary/aromatic N) is 2. The summed E-state index contributed by atoms with van der Waals surface area (Å²) < 4.78 is 0. The summed E-state index contributed by atoms with van der Waals surface area (Å²) in [6.07, 6.45) is 0. The van der Waals surface area contributed by atoms with Gasteiger partial charge in [-0.2, -0.15) is 0 Å². The highest BCUT2D eigenvalue weighted by molar-refractivity contribution is 6.53. The molecule has 0 N–H and O–H groups in total. The van der Waals surface area contributed by atoms with Gasteiger partial charge < -0.3 is 4.90 Å². The number of benzene rings is 1. The average molecular weight is 260 g/mol. The Hall–Kier alpha value is -2.17. The number of amides is 2. The van der Waals surface area contributed by atoms with Crippen LogP contribution in [0.1, 0.15) is 21.5 Å². The number of fused-ring (bicyclic) bond motifs is 1. The topological polar surface area (TPSA) is 57.7 Å². The van der Waals surface area contributed by atoms with Gasteiger partial charge in [-0.3, -0.25) is 19.3 Å². The van der Waals surface area contributed by atoms with Gasteiger partial charge in [-0.25, -0.2) is 0 Å². The molecule has 1 aromatic carbocycles. The van der Waals surface area contributed by atoms with Crippen LogP contribution in [-0.4, -0.2) is 43.1 Å². The Kier molecular flexibility index (Phi) is 3.14. The number of hydrogen-bond acceptors (Lipinski definition) is 3. The quantitative estimate of drug-likeness (QED) is 0.743. The molecule has 100 valence electrons. The van der Waals surface area contributed by atoms with E-state index in [0.717, 1.165) is 11.1 Å². The van der Waals surface area contributed by atoms with Gasteiger partial charge in [-0.15, -0.1) is 0 Å². The van der Waals surface area contributed by atoms with Gasteiger partial charge in [-0.1, -0.05) is 12.1 Å². The van der Waals surface area contributed by atoms with Crippen LogP contribution in [0, 0.1) is 13.8 Å². The lowest BCUT2D eigenvalue weighted by Crippen LogP contribution is -2.39. The van der Waals surface area contributed by atoms with Crippen LogP contribution in [0.5, 0.6) is 0 Å². The largest absolute Gasteiger partial charge is 0.347 e. The molecule has 1 aliphatic rings. The number of rotatable bonds is 2. The SMILES string of the molecule is Cc1ccc(C)c2c1C(=O)C(=O)N2CC(=O)N(C)C. The zero-order chi connectivity index (χ0) is 14.3. The molecule has 1 aromatic rings. The molecule has 1 aliphatic heterocycles. The first-order valence-electron chi connectivity index (χ1n) is 6.01. The number of carbonyl (C=O) groups is 3. The summed E-state index contributed by atoms with van der Waals surface area (Å²) in [5, 5.41) is 0. The summed E-state index contributed by atoms with van der Waals surface area (Å²) in [5.74, 6) is -1.36. The summed E-state index contributed by atoms with van der Waals surface area (Å²) in [6.45, 7) is 3.52. The van der Waals surface area contributed by atoms with E-state index in [4.69, 9.17) is 0 Å². The van der Waals surface area contributed by atoms with Gasteiger partial charge in [-0.05, 0) is 25.0 Å². The fourth-order valence-electron chi connectivity index (χ4n) is 2.19. The number of hydrogen-bond donors (Lipinski definition) is 0.